The maximum absolute atomic E-state index is 11.3. The van der Waals surface area contributed by atoms with Crippen LogP contribution in [0.15, 0.2) is 5.38 Å². The van der Waals surface area contributed by atoms with E-state index < -0.39 is 0 Å². The van der Waals surface area contributed by atoms with Gasteiger partial charge in [-0.2, -0.15) is 0 Å². The fourth-order valence-electron chi connectivity index (χ4n) is 1.85. The molecule has 0 amide bonds. The molecule has 0 spiro atoms. The van der Waals surface area contributed by atoms with E-state index >= 15 is 0 Å². The molecule has 0 saturated carbocycles. The number of rotatable bonds is 8. The molecule has 0 aliphatic rings. The molecule has 1 rings (SSSR count). The van der Waals surface area contributed by atoms with Crippen molar-refractivity contribution in [2.24, 2.45) is 5.41 Å². The number of aromatic nitrogens is 1. The lowest BCUT2D eigenvalue weighted by atomic mass is 9.86. The van der Waals surface area contributed by atoms with Crippen LogP contribution in [0.25, 0.3) is 0 Å². The molecule has 4 nitrogen and oxygen atoms in total. The fourth-order valence-corrected chi connectivity index (χ4v) is 2.93. The average Bonchev–Trinajstić information content (AvgIpc) is 2.75. The van der Waals surface area contributed by atoms with Crippen molar-refractivity contribution in [3.63, 3.8) is 0 Å². The lowest BCUT2D eigenvalue weighted by molar-refractivity contribution is -0.142. The summed E-state index contributed by atoms with van der Waals surface area (Å²) in [6.07, 6.45) is 4.36. The van der Waals surface area contributed by atoms with Gasteiger partial charge in [0.2, 0.25) is 0 Å². The molecule has 0 aliphatic carbocycles. The van der Waals surface area contributed by atoms with Crippen molar-refractivity contribution < 1.29 is 14.3 Å². The number of hydrogen-bond acceptors (Lipinski definition) is 5. The van der Waals surface area contributed by atoms with Crippen LogP contribution in [0.2, 0.25) is 0 Å². The first-order chi connectivity index (χ1) is 8.96. The Morgan fingerprint density at radius 1 is 1.53 bits per heavy atom. The van der Waals surface area contributed by atoms with Gasteiger partial charge in [0, 0.05) is 18.2 Å². The number of carbonyl (C=O) groups excluding carboxylic acids is 2. The van der Waals surface area contributed by atoms with Gasteiger partial charge in [-0.1, -0.05) is 13.8 Å². The predicted molar refractivity (Wildman–Crippen MR) is 75.2 cm³/mol. The predicted octanol–water partition coefficient (Wildman–Crippen LogP) is 2.80. The van der Waals surface area contributed by atoms with Gasteiger partial charge in [0.25, 0.3) is 0 Å². The summed E-state index contributed by atoms with van der Waals surface area (Å²) >= 11 is 1.62. The summed E-state index contributed by atoms with van der Waals surface area (Å²) in [5.74, 6) is -0.187. The van der Waals surface area contributed by atoms with E-state index in [9.17, 15) is 9.59 Å². The highest BCUT2D eigenvalue weighted by molar-refractivity contribution is 7.09. The second-order valence-electron chi connectivity index (χ2n) is 5.39. The molecule has 5 heteroatoms. The average molecular weight is 283 g/mol. The molecule has 106 valence electrons. The SMILES string of the molecule is COC(=O)CC(C)(C)Cc1nc(CCCC=O)cs1. The molecule has 0 N–H and O–H groups in total. The van der Waals surface area contributed by atoms with Crippen molar-refractivity contribution in [3.8, 4) is 0 Å². The number of hydrogen-bond donors (Lipinski definition) is 0. The molecule has 0 aliphatic heterocycles. The Morgan fingerprint density at radius 3 is 2.89 bits per heavy atom. The first kappa shape index (κ1) is 15.8. The molecular weight excluding hydrogens is 262 g/mol. The molecule has 1 heterocycles. The van der Waals surface area contributed by atoms with E-state index in [1.165, 1.54) is 7.11 Å². The van der Waals surface area contributed by atoms with Crippen molar-refractivity contribution in [1.82, 2.24) is 4.98 Å². The molecule has 0 aromatic carbocycles. The Balaban J connectivity index is 2.52. The Kier molecular flexibility index (Phi) is 6.15. The highest BCUT2D eigenvalue weighted by atomic mass is 32.1. The summed E-state index contributed by atoms with van der Waals surface area (Å²) in [7, 11) is 1.41. The molecule has 0 bridgehead atoms. The van der Waals surface area contributed by atoms with Gasteiger partial charge in [0.05, 0.1) is 24.2 Å². The lowest BCUT2D eigenvalue weighted by Gasteiger charge is -2.21. The van der Waals surface area contributed by atoms with Crippen LogP contribution in [0, 0.1) is 5.41 Å². The quantitative estimate of drug-likeness (QED) is 0.418. The zero-order valence-electron chi connectivity index (χ0n) is 11.8. The van der Waals surface area contributed by atoms with Gasteiger partial charge in [-0.05, 0) is 18.3 Å². The topological polar surface area (TPSA) is 56.3 Å². The highest BCUT2D eigenvalue weighted by Crippen LogP contribution is 2.28. The van der Waals surface area contributed by atoms with Gasteiger partial charge in [-0.25, -0.2) is 4.98 Å². The first-order valence-corrected chi connectivity index (χ1v) is 7.28. The Morgan fingerprint density at radius 2 is 2.26 bits per heavy atom. The molecule has 0 atom stereocenters. The Hall–Kier alpha value is -1.23. The smallest absolute Gasteiger partial charge is 0.306 e. The van der Waals surface area contributed by atoms with E-state index in [4.69, 9.17) is 4.74 Å². The van der Waals surface area contributed by atoms with Crippen molar-refractivity contribution >= 4 is 23.6 Å². The maximum atomic E-state index is 11.3. The zero-order valence-corrected chi connectivity index (χ0v) is 12.6. The standard InChI is InChI=1S/C14H21NO3S/c1-14(2,9-13(17)18-3)8-12-15-11(10-19-12)6-4-5-7-16/h7,10H,4-6,8-9H2,1-3H3. The molecule has 0 saturated heterocycles. The van der Waals surface area contributed by atoms with Crippen molar-refractivity contribution in [2.75, 3.05) is 7.11 Å². The number of methoxy groups -OCH3 is 1. The molecule has 0 radical (unpaired) electrons. The van der Waals surface area contributed by atoms with Crippen molar-refractivity contribution in [2.45, 2.75) is 46.0 Å². The molecule has 0 fully saturated rings. The van der Waals surface area contributed by atoms with E-state index in [2.05, 4.69) is 4.98 Å². The van der Waals surface area contributed by atoms with E-state index in [1.807, 2.05) is 19.2 Å². The molecule has 0 unspecified atom stereocenters. The molecule has 1 aromatic heterocycles. The number of esters is 1. The van der Waals surface area contributed by atoms with Crippen LogP contribution in [-0.2, 0) is 27.2 Å². The normalized spacial score (nSPS) is 11.3. The second-order valence-corrected chi connectivity index (χ2v) is 6.33. The number of thiazole rings is 1. The van der Waals surface area contributed by atoms with E-state index in [-0.39, 0.29) is 11.4 Å². The summed E-state index contributed by atoms with van der Waals surface area (Å²) in [5, 5.41) is 3.07. The third-order valence-corrected chi connectivity index (χ3v) is 3.73. The zero-order chi connectivity index (χ0) is 14.3. The summed E-state index contributed by atoms with van der Waals surface area (Å²) in [6, 6.07) is 0. The fraction of sp³-hybridized carbons (Fsp3) is 0.643. The van der Waals surface area contributed by atoms with Crippen LogP contribution >= 0.6 is 11.3 Å². The van der Waals surface area contributed by atoms with Gasteiger partial charge in [0.1, 0.15) is 6.29 Å². The molecule has 1 aromatic rings. The third kappa shape index (κ3) is 5.96. The Labute approximate surface area is 118 Å². The van der Waals surface area contributed by atoms with Crippen LogP contribution in [0.4, 0.5) is 0 Å². The Bertz CT molecular complexity index is 426. The minimum atomic E-state index is -0.187. The largest absolute Gasteiger partial charge is 0.469 e. The number of unbranched alkanes of at least 4 members (excludes halogenated alkanes) is 1. The number of nitrogens with zero attached hydrogens (tertiary/aromatic N) is 1. The van der Waals surface area contributed by atoms with Crippen LogP contribution in [0.1, 0.15) is 43.8 Å². The van der Waals surface area contributed by atoms with Crippen LogP contribution in [-0.4, -0.2) is 24.3 Å². The number of aldehydes is 1. The lowest BCUT2D eigenvalue weighted by Crippen LogP contribution is -2.20. The molecule has 19 heavy (non-hydrogen) atoms. The van der Waals surface area contributed by atoms with Crippen molar-refractivity contribution in [3.05, 3.63) is 16.1 Å². The number of aryl methyl sites for hydroxylation is 1. The van der Waals surface area contributed by atoms with Gasteiger partial charge in [-0.3, -0.25) is 4.79 Å². The van der Waals surface area contributed by atoms with E-state index in [0.717, 1.165) is 36.3 Å². The molecular formula is C14H21NO3S. The van der Waals surface area contributed by atoms with E-state index in [1.54, 1.807) is 11.3 Å². The van der Waals surface area contributed by atoms with Crippen LogP contribution < -0.4 is 0 Å². The van der Waals surface area contributed by atoms with Crippen LogP contribution in [0.3, 0.4) is 0 Å². The van der Waals surface area contributed by atoms with Gasteiger partial charge >= 0.3 is 5.97 Å². The van der Waals surface area contributed by atoms with Gasteiger partial charge < -0.3 is 9.53 Å². The summed E-state index contributed by atoms with van der Waals surface area (Å²) < 4.78 is 4.71. The summed E-state index contributed by atoms with van der Waals surface area (Å²) in [4.78, 5) is 26.1. The van der Waals surface area contributed by atoms with Crippen molar-refractivity contribution in [1.29, 1.82) is 0 Å². The summed E-state index contributed by atoms with van der Waals surface area (Å²) in [6.45, 7) is 4.08. The minimum Gasteiger partial charge on any atom is -0.469 e. The summed E-state index contributed by atoms with van der Waals surface area (Å²) in [5.41, 5.74) is 0.890. The van der Waals surface area contributed by atoms with E-state index in [0.29, 0.717) is 12.8 Å². The van der Waals surface area contributed by atoms with Gasteiger partial charge in [-0.15, -0.1) is 11.3 Å². The highest BCUT2D eigenvalue weighted by Gasteiger charge is 2.24. The van der Waals surface area contributed by atoms with Gasteiger partial charge in [0.15, 0.2) is 0 Å². The third-order valence-electron chi connectivity index (χ3n) is 2.83. The van der Waals surface area contributed by atoms with Crippen LogP contribution in [0.5, 0.6) is 0 Å². The minimum absolute atomic E-state index is 0.148. The monoisotopic (exact) mass is 283 g/mol. The number of carbonyl (C=O) groups is 2. The number of ether oxygens (including phenoxy) is 1. The first-order valence-electron chi connectivity index (χ1n) is 6.40. The second kappa shape index (κ2) is 7.38. The maximum Gasteiger partial charge on any atom is 0.306 e.